The Morgan fingerprint density at radius 3 is 2.58 bits per heavy atom. The van der Waals surface area contributed by atoms with Crippen molar-refractivity contribution < 1.29 is 9.90 Å². The lowest BCUT2D eigenvalue weighted by Crippen LogP contribution is -2.39. The van der Waals surface area contributed by atoms with Gasteiger partial charge in [0, 0.05) is 32.4 Å². The minimum absolute atomic E-state index is 0.00249. The average molecular weight is 359 g/mol. The Balaban J connectivity index is 1.57. The Morgan fingerprint density at radius 1 is 1.19 bits per heavy atom. The first-order chi connectivity index (χ1) is 12.4. The van der Waals surface area contributed by atoms with Crippen LogP contribution in [-0.2, 0) is 20.1 Å². The first kappa shape index (κ1) is 17.2. The van der Waals surface area contributed by atoms with Gasteiger partial charge in [-0.15, -0.1) is 10.2 Å². The molecule has 0 saturated carbocycles. The summed E-state index contributed by atoms with van der Waals surface area (Å²) in [7, 11) is 3.85. The molecule has 1 N–H and O–H groups in total. The molecular formula is C17H25N7O2. The van der Waals surface area contributed by atoms with Gasteiger partial charge in [-0.3, -0.25) is 14.4 Å². The molecule has 0 aliphatic carbocycles. The summed E-state index contributed by atoms with van der Waals surface area (Å²) in [6.07, 6.45) is 0.349. The fraction of sp³-hybridized carbons (Fsp3) is 0.647. The topological polar surface area (TPSA) is 92.3 Å². The Kier molecular flexibility index (Phi) is 4.07. The number of aromatic nitrogens is 5. The highest BCUT2D eigenvalue weighted by Gasteiger charge is 2.35. The van der Waals surface area contributed by atoms with Crippen LogP contribution in [-0.4, -0.2) is 71.6 Å². The van der Waals surface area contributed by atoms with E-state index < -0.39 is 0 Å². The number of aliphatic hydroxyl groups is 1. The van der Waals surface area contributed by atoms with E-state index in [-0.39, 0.29) is 18.1 Å². The maximum absolute atomic E-state index is 13.0. The predicted molar refractivity (Wildman–Crippen MR) is 93.4 cm³/mol. The van der Waals surface area contributed by atoms with Crippen LogP contribution in [0.3, 0.4) is 0 Å². The van der Waals surface area contributed by atoms with Crippen LogP contribution in [0.15, 0.2) is 0 Å². The molecule has 2 atom stereocenters. The second-order valence-corrected chi connectivity index (χ2v) is 7.37. The van der Waals surface area contributed by atoms with Gasteiger partial charge in [-0.1, -0.05) is 0 Å². The molecule has 0 bridgehead atoms. The number of aryl methyl sites for hydroxylation is 2. The molecule has 9 nitrogen and oxygen atoms in total. The molecule has 2 aromatic rings. The molecule has 1 fully saturated rings. The zero-order chi connectivity index (χ0) is 18.6. The number of hydrogen-bond donors (Lipinski definition) is 1. The number of rotatable bonds is 2. The fourth-order valence-electron chi connectivity index (χ4n) is 4.12. The molecule has 4 rings (SSSR count). The van der Waals surface area contributed by atoms with Gasteiger partial charge in [0.15, 0.2) is 11.6 Å². The monoisotopic (exact) mass is 359 g/mol. The molecule has 26 heavy (non-hydrogen) atoms. The lowest BCUT2D eigenvalue weighted by Gasteiger charge is -2.29. The summed E-state index contributed by atoms with van der Waals surface area (Å²) in [4.78, 5) is 16.9. The van der Waals surface area contributed by atoms with E-state index in [0.29, 0.717) is 38.2 Å². The van der Waals surface area contributed by atoms with Gasteiger partial charge in [-0.05, 0) is 27.3 Å². The van der Waals surface area contributed by atoms with Gasteiger partial charge in [0.25, 0.3) is 5.91 Å². The van der Waals surface area contributed by atoms with Gasteiger partial charge in [0.2, 0.25) is 0 Å². The highest BCUT2D eigenvalue weighted by molar-refractivity contribution is 5.96. The minimum atomic E-state index is -0.323. The van der Waals surface area contributed by atoms with Crippen LogP contribution in [0.4, 0.5) is 0 Å². The zero-order valence-electron chi connectivity index (χ0n) is 15.7. The number of likely N-dealkylation sites (N-methyl/N-ethyl adjacent to an activating group) is 1. The summed E-state index contributed by atoms with van der Waals surface area (Å²) in [5, 5.41) is 23.0. The van der Waals surface area contributed by atoms with Crippen molar-refractivity contribution in [3.8, 4) is 0 Å². The zero-order valence-corrected chi connectivity index (χ0v) is 15.7. The van der Waals surface area contributed by atoms with Crippen LogP contribution in [0, 0.1) is 13.8 Å². The standard InChI is InChI=1S/C17H25N7O2/c1-10-15(11(2)22(4)20-10)17(26)23-5-6-24-14(9-23)18-19-16(24)13-7-12(25)8-21(13)3/h12-13,25H,5-9H2,1-4H3/t12-,13+/m1/s1. The molecule has 1 amide bonds. The van der Waals surface area contributed by atoms with Crippen LogP contribution in [0.1, 0.15) is 45.9 Å². The van der Waals surface area contributed by atoms with E-state index >= 15 is 0 Å². The van der Waals surface area contributed by atoms with Crippen molar-refractivity contribution in [1.29, 1.82) is 0 Å². The summed E-state index contributed by atoms with van der Waals surface area (Å²) in [5.74, 6) is 1.69. The Morgan fingerprint density at radius 2 is 1.96 bits per heavy atom. The molecule has 140 valence electrons. The van der Waals surface area contributed by atoms with Crippen molar-refractivity contribution in [2.75, 3.05) is 20.1 Å². The van der Waals surface area contributed by atoms with Gasteiger partial charge < -0.3 is 14.6 Å². The van der Waals surface area contributed by atoms with Crippen molar-refractivity contribution in [3.63, 3.8) is 0 Å². The Hall–Kier alpha value is -2.26. The lowest BCUT2D eigenvalue weighted by atomic mass is 10.1. The molecule has 0 radical (unpaired) electrons. The molecule has 2 aromatic heterocycles. The van der Waals surface area contributed by atoms with Crippen molar-refractivity contribution in [2.24, 2.45) is 7.05 Å². The Bertz CT molecular complexity index is 856. The van der Waals surface area contributed by atoms with Gasteiger partial charge in [-0.25, -0.2) is 0 Å². The number of β-amino-alcohol motifs (C(OH)–C–C–N with tert-alkyl or cyclic N) is 1. The first-order valence-corrected chi connectivity index (χ1v) is 8.96. The second-order valence-electron chi connectivity index (χ2n) is 7.37. The van der Waals surface area contributed by atoms with Crippen LogP contribution in [0.25, 0.3) is 0 Å². The highest BCUT2D eigenvalue weighted by Crippen LogP contribution is 2.31. The molecule has 0 aromatic carbocycles. The number of likely N-dealkylation sites (tertiary alicyclic amines) is 1. The molecule has 2 aliphatic heterocycles. The molecule has 4 heterocycles. The van der Waals surface area contributed by atoms with Crippen molar-refractivity contribution in [2.45, 2.75) is 45.5 Å². The third-order valence-corrected chi connectivity index (χ3v) is 5.62. The predicted octanol–water partition coefficient (Wildman–Crippen LogP) is 0.0219. The Labute approximate surface area is 152 Å². The van der Waals surface area contributed by atoms with E-state index in [1.807, 2.05) is 32.8 Å². The number of carbonyl (C=O) groups is 1. The summed E-state index contributed by atoms with van der Waals surface area (Å²) < 4.78 is 3.85. The third-order valence-electron chi connectivity index (χ3n) is 5.62. The summed E-state index contributed by atoms with van der Waals surface area (Å²) >= 11 is 0. The normalized spacial score (nSPS) is 23.5. The summed E-state index contributed by atoms with van der Waals surface area (Å²) in [5.41, 5.74) is 2.31. The van der Waals surface area contributed by atoms with Crippen LogP contribution in [0.2, 0.25) is 0 Å². The SMILES string of the molecule is Cc1nn(C)c(C)c1C(=O)N1CCn2c(nnc2[C@@H]2C[C@@H](O)CN2C)C1. The first-order valence-electron chi connectivity index (χ1n) is 8.96. The van der Waals surface area contributed by atoms with E-state index in [2.05, 4.69) is 24.8 Å². The number of hydrogen-bond acceptors (Lipinski definition) is 6. The van der Waals surface area contributed by atoms with Crippen LogP contribution in [0.5, 0.6) is 0 Å². The summed E-state index contributed by atoms with van der Waals surface area (Å²) in [6, 6.07) is 0.0799. The minimum Gasteiger partial charge on any atom is -0.392 e. The van der Waals surface area contributed by atoms with Crippen LogP contribution >= 0.6 is 0 Å². The van der Waals surface area contributed by atoms with E-state index in [4.69, 9.17) is 0 Å². The van der Waals surface area contributed by atoms with Gasteiger partial charge in [0.05, 0.1) is 29.9 Å². The van der Waals surface area contributed by atoms with Crippen LogP contribution < -0.4 is 0 Å². The van der Waals surface area contributed by atoms with E-state index in [1.54, 1.807) is 4.68 Å². The number of carbonyl (C=O) groups excluding carboxylic acids is 1. The maximum Gasteiger partial charge on any atom is 0.258 e. The molecule has 1 saturated heterocycles. The highest BCUT2D eigenvalue weighted by atomic mass is 16.3. The molecule has 2 aliphatic rings. The van der Waals surface area contributed by atoms with E-state index in [0.717, 1.165) is 23.0 Å². The van der Waals surface area contributed by atoms with Gasteiger partial charge in [-0.2, -0.15) is 5.10 Å². The molecule has 0 unspecified atom stereocenters. The number of aliphatic hydroxyl groups excluding tert-OH is 1. The molecule has 9 heteroatoms. The largest absolute Gasteiger partial charge is 0.392 e. The summed E-state index contributed by atoms with van der Waals surface area (Å²) in [6.45, 7) is 6.16. The number of fused-ring (bicyclic) bond motifs is 1. The smallest absolute Gasteiger partial charge is 0.258 e. The van der Waals surface area contributed by atoms with E-state index in [9.17, 15) is 9.90 Å². The van der Waals surface area contributed by atoms with E-state index in [1.165, 1.54) is 0 Å². The number of nitrogens with zero attached hydrogens (tertiary/aromatic N) is 7. The lowest BCUT2D eigenvalue weighted by molar-refractivity contribution is 0.0703. The quantitative estimate of drug-likeness (QED) is 0.813. The van der Waals surface area contributed by atoms with Crippen molar-refractivity contribution >= 4 is 5.91 Å². The second kappa shape index (κ2) is 6.17. The van der Waals surface area contributed by atoms with Gasteiger partial charge >= 0.3 is 0 Å². The molecular weight excluding hydrogens is 334 g/mol. The van der Waals surface area contributed by atoms with Gasteiger partial charge in [0.1, 0.15) is 0 Å². The fourth-order valence-corrected chi connectivity index (χ4v) is 4.12. The average Bonchev–Trinajstić information content (AvgIpc) is 3.22. The third kappa shape index (κ3) is 2.62. The molecule has 0 spiro atoms. The van der Waals surface area contributed by atoms with Crippen molar-refractivity contribution in [1.82, 2.24) is 34.3 Å². The van der Waals surface area contributed by atoms with Crippen molar-refractivity contribution in [3.05, 3.63) is 28.6 Å². The maximum atomic E-state index is 13.0. The number of amides is 1.